The molecule has 0 unspecified atom stereocenters. The summed E-state index contributed by atoms with van der Waals surface area (Å²) in [5.41, 5.74) is 1.00. The van der Waals surface area contributed by atoms with Gasteiger partial charge in [-0.1, -0.05) is 29.3 Å². The summed E-state index contributed by atoms with van der Waals surface area (Å²) >= 11 is 20.6. The van der Waals surface area contributed by atoms with Gasteiger partial charge in [-0.2, -0.15) is 5.10 Å². The number of benzene rings is 1. The van der Waals surface area contributed by atoms with Crippen molar-refractivity contribution in [2.24, 2.45) is 0 Å². The number of rotatable bonds is 6. The maximum atomic E-state index is 6.03. The molecule has 1 aromatic heterocycles. The first-order chi connectivity index (χ1) is 11.0. The van der Waals surface area contributed by atoms with E-state index in [1.54, 1.807) is 17.9 Å². The van der Waals surface area contributed by atoms with Crippen molar-refractivity contribution in [3.05, 3.63) is 44.5 Å². The largest absolute Gasteiger partial charge is 0.383 e. The topological polar surface area (TPSA) is 51.1 Å². The molecule has 0 aliphatic rings. The average Bonchev–Trinajstić information content (AvgIpc) is 2.83. The van der Waals surface area contributed by atoms with E-state index in [2.05, 4.69) is 31.7 Å². The van der Waals surface area contributed by atoms with E-state index in [1.807, 2.05) is 18.3 Å². The summed E-state index contributed by atoms with van der Waals surface area (Å²) in [5.74, 6) is 0.639. The molecule has 0 saturated carbocycles. The fraction of sp³-hybridized carbons (Fsp3) is 0.286. The zero-order valence-electron chi connectivity index (χ0n) is 12.3. The third kappa shape index (κ3) is 5.61. The van der Waals surface area contributed by atoms with Gasteiger partial charge in [0.2, 0.25) is 0 Å². The zero-order chi connectivity index (χ0) is 16.8. The lowest BCUT2D eigenvalue weighted by Crippen LogP contribution is -2.31. The Hall–Kier alpha value is -0.860. The molecule has 2 N–H and O–H groups in total. The predicted molar refractivity (Wildman–Crippen MR) is 102 cm³/mol. The number of methoxy groups -OCH3 is 1. The molecule has 9 heteroatoms. The summed E-state index contributed by atoms with van der Waals surface area (Å²) in [7, 11) is 1.64. The SMILES string of the molecule is COCCNC(=S)Nc1nn(Cc2ccc(Cl)c(Cl)c2)cc1Br. The first-order valence-electron chi connectivity index (χ1n) is 6.70. The van der Waals surface area contributed by atoms with Gasteiger partial charge in [-0.05, 0) is 45.8 Å². The van der Waals surface area contributed by atoms with E-state index >= 15 is 0 Å². The molecule has 23 heavy (non-hydrogen) atoms. The number of nitrogens with one attached hydrogen (secondary N) is 2. The number of anilines is 1. The summed E-state index contributed by atoms with van der Waals surface area (Å²) in [4.78, 5) is 0. The fourth-order valence-electron chi connectivity index (χ4n) is 1.81. The van der Waals surface area contributed by atoms with Crippen LogP contribution in [0.4, 0.5) is 5.82 Å². The molecular formula is C14H15BrCl2N4OS. The first kappa shape index (κ1) is 18.5. The van der Waals surface area contributed by atoms with Crippen LogP contribution >= 0.6 is 51.3 Å². The van der Waals surface area contributed by atoms with Crippen LogP contribution in [-0.2, 0) is 11.3 Å². The molecule has 0 fully saturated rings. The van der Waals surface area contributed by atoms with Gasteiger partial charge in [-0.3, -0.25) is 4.68 Å². The standard InChI is InChI=1S/C14H15BrCl2N4OS/c1-22-5-4-18-14(23)19-13-10(15)8-21(20-13)7-9-2-3-11(16)12(17)6-9/h2-3,6,8H,4-5,7H2,1H3,(H2,18,19,20,23). The van der Waals surface area contributed by atoms with Crippen LogP contribution in [0.15, 0.2) is 28.9 Å². The highest BCUT2D eigenvalue weighted by Crippen LogP contribution is 2.24. The predicted octanol–water partition coefficient (Wildman–Crippen LogP) is 3.93. The van der Waals surface area contributed by atoms with Gasteiger partial charge in [0.15, 0.2) is 10.9 Å². The normalized spacial score (nSPS) is 10.6. The lowest BCUT2D eigenvalue weighted by Gasteiger charge is -2.08. The van der Waals surface area contributed by atoms with E-state index < -0.39 is 0 Å². The smallest absolute Gasteiger partial charge is 0.172 e. The van der Waals surface area contributed by atoms with Crippen LogP contribution in [-0.4, -0.2) is 35.2 Å². The van der Waals surface area contributed by atoms with E-state index in [0.29, 0.717) is 40.7 Å². The maximum absolute atomic E-state index is 6.03. The van der Waals surface area contributed by atoms with Crippen LogP contribution in [0.2, 0.25) is 10.0 Å². The molecule has 124 valence electrons. The van der Waals surface area contributed by atoms with Gasteiger partial charge < -0.3 is 15.4 Å². The average molecular weight is 438 g/mol. The number of thiocarbonyl (C=S) groups is 1. The van der Waals surface area contributed by atoms with Crippen LogP contribution in [0.5, 0.6) is 0 Å². The lowest BCUT2D eigenvalue weighted by molar-refractivity contribution is 0.204. The summed E-state index contributed by atoms with van der Waals surface area (Å²) < 4.78 is 7.55. The van der Waals surface area contributed by atoms with Crippen molar-refractivity contribution in [3.63, 3.8) is 0 Å². The van der Waals surface area contributed by atoms with Crippen molar-refractivity contribution >= 4 is 62.3 Å². The van der Waals surface area contributed by atoms with Gasteiger partial charge in [0.25, 0.3) is 0 Å². The van der Waals surface area contributed by atoms with Crippen LogP contribution in [0.25, 0.3) is 0 Å². The van der Waals surface area contributed by atoms with E-state index in [-0.39, 0.29) is 0 Å². The molecule has 0 amide bonds. The monoisotopic (exact) mass is 436 g/mol. The highest BCUT2D eigenvalue weighted by molar-refractivity contribution is 9.10. The maximum Gasteiger partial charge on any atom is 0.172 e. The zero-order valence-corrected chi connectivity index (χ0v) is 16.2. The number of ether oxygens (including phenoxy) is 1. The summed E-state index contributed by atoms with van der Waals surface area (Å²) in [5, 5.41) is 12.1. The third-order valence-electron chi connectivity index (χ3n) is 2.87. The van der Waals surface area contributed by atoms with E-state index in [1.165, 1.54) is 0 Å². The molecule has 0 spiro atoms. The van der Waals surface area contributed by atoms with Crippen molar-refractivity contribution in [1.82, 2.24) is 15.1 Å². The van der Waals surface area contributed by atoms with E-state index in [9.17, 15) is 0 Å². The molecule has 5 nitrogen and oxygen atoms in total. The summed E-state index contributed by atoms with van der Waals surface area (Å²) in [6.45, 7) is 1.78. The Bertz CT molecular complexity index is 695. The van der Waals surface area contributed by atoms with Gasteiger partial charge in [-0.15, -0.1) is 0 Å². The third-order valence-corrected chi connectivity index (χ3v) is 4.44. The van der Waals surface area contributed by atoms with Crippen LogP contribution in [0.3, 0.4) is 0 Å². The lowest BCUT2D eigenvalue weighted by atomic mass is 10.2. The molecule has 0 atom stereocenters. The molecule has 0 bridgehead atoms. The van der Waals surface area contributed by atoms with Crippen LogP contribution in [0.1, 0.15) is 5.56 Å². The molecule has 1 aromatic carbocycles. The Morgan fingerprint density at radius 2 is 2.17 bits per heavy atom. The minimum absolute atomic E-state index is 0.488. The number of aromatic nitrogens is 2. The summed E-state index contributed by atoms with van der Waals surface area (Å²) in [6, 6.07) is 5.50. The molecule has 2 rings (SSSR count). The van der Waals surface area contributed by atoms with Gasteiger partial charge in [0.1, 0.15) is 0 Å². The van der Waals surface area contributed by atoms with Gasteiger partial charge in [0, 0.05) is 19.9 Å². The number of halogens is 3. The number of hydrogen-bond acceptors (Lipinski definition) is 3. The molecule has 2 aromatic rings. The molecule has 0 saturated heterocycles. The minimum Gasteiger partial charge on any atom is -0.383 e. The summed E-state index contributed by atoms with van der Waals surface area (Å²) in [6.07, 6.45) is 1.86. The van der Waals surface area contributed by atoms with Gasteiger partial charge >= 0.3 is 0 Å². The molecule has 1 heterocycles. The van der Waals surface area contributed by atoms with Crippen molar-refractivity contribution in [2.45, 2.75) is 6.54 Å². The Kier molecular flexibility index (Phi) is 7.10. The Labute approximate surface area is 158 Å². The second kappa shape index (κ2) is 8.84. The Morgan fingerprint density at radius 3 is 2.87 bits per heavy atom. The number of nitrogens with zero attached hydrogens (tertiary/aromatic N) is 2. The molecule has 0 aliphatic heterocycles. The fourth-order valence-corrected chi connectivity index (χ4v) is 2.74. The van der Waals surface area contributed by atoms with Crippen LogP contribution < -0.4 is 10.6 Å². The van der Waals surface area contributed by atoms with Crippen LogP contribution in [0, 0.1) is 0 Å². The van der Waals surface area contributed by atoms with Gasteiger partial charge in [0.05, 0.1) is 27.7 Å². The first-order valence-corrected chi connectivity index (χ1v) is 8.66. The molecular weight excluding hydrogens is 423 g/mol. The highest BCUT2D eigenvalue weighted by Gasteiger charge is 2.09. The van der Waals surface area contributed by atoms with Crippen molar-refractivity contribution in [1.29, 1.82) is 0 Å². The molecule has 0 radical (unpaired) electrons. The highest BCUT2D eigenvalue weighted by atomic mass is 79.9. The van der Waals surface area contributed by atoms with Crippen molar-refractivity contribution in [3.8, 4) is 0 Å². The quantitative estimate of drug-likeness (QED) is 0.529. The Balaban J connectivity index is 2.00. The Morgan fingerprint density at radius 1 is 1.39 bits per heavy atom. The van der Waals surface area contributed by atoms with E-state index in [4.69, 9.17) is 40.2 Å². The van der Waals surface area contributed by atoms with Crippen molar-refractivity contribution in [2.75, 3.05) is 25.6 Å². The second-order valence-corrected chi connectivity index (χ2v) is 6.72. The second-order valence-electron chi connectivity index (χ2n) is 4.65. The molecule has 0 aliphatic carbocycles. The minimum atomic E-state index is 0.488. The van der Waals surface area contributed by atoms with E-state index in [0.717, 1.165) is 10.0 Å². The van der Waals surface area contributed by atoms with Gasteiger partial charge in [-0.25, -0.2) is 0 Å². The number of hydrogen-bond donors (Lipinski definition) is 2. The van der Waals surface area contributed by atoms with Crippen molar-refractivity contribution < 1.29 is 4.74 Å².